The molecule has 0 aromatic carbocycles. The number of hydrogen-bond donors (Lipinski definition) is 1. The molecule has 0 fully saturated rings. The van der Waals surface area contributed by atoms with E-state index in [2.05, 4.69) is 4.98 Å². The normalized spacial score (nSPS) is 10.3. The molecule has 4 heteroatoms. The van der Waals surface area contributed by atoms with Crippen LogP contribution in [0.4, 0.5) is 0 Å². The zero-order valence-corrected chi connectivity index (χ0v) is 8.36. The first-order valence-electron chi connectivity index (χ1n) is 4.49. The van der Waals surface area contributed by atoms with E-state index in [9.17, 15) is 4.79 Å². The zero-order valence-electron chi connectivity index (χ0n) is 8.36. The Morgan fingerprint density at radius 2 is 2.36 bits per heavy atom. The van der Waals surface area contributed by atoms with Crippen LogP contribution >= 0.6 is 0 Å². The molecule has 0 bridgehead atoms. The number of carbonyl (C=O) groups is 1. The Labute approximate surface area is 83.1 Å². The average molecular weight is 194 g/mol. The van der Waals surface area contributed by atoms with Crippen LogP contribution in [-0.4, -0.2) is 23.4 Å². The first kappa shape index (κ1) is 10.7. The molecule has 14 heavy (non-hydrogen) atoms. The molecular weight excluding hydrogens is 180 g/mol. The van der Waals surface area contributed by atoms with Crippen LogP contribution in [0.15, 0.2) is 18.5 Å². The van der Waals surface area contributed by atoms with E-state index >= 15 is 0 Å². The van der Waals surface area contributed by atoms with Crippen molar-refractivity contribution in [2.75, 3.05) is 6.54 Å². The van der Waals surface area contributed by atoms with Gasteiger partial charge in [0, 0.05) is 12.4 Å². The maximum Gasteiger partial charge on any atom is 0.181 e. The van der Waals surface area contributed by atoms with Crippen LogP contribution in [0.2, 0.25) is 0 Å². The molecule has 2 N–H and O–H groups in total. The summed E-state index contributed by atoms with van der Waals surface area (Å²) in [6, 6.07) is 1.67. The molecule has 0 radical (unpaired) electrons. The van der Waals surface area contributed by atoms with E-state index in [-0.39, 0.29) is 18.4 Å². The molecule has 1 aromatic heterocycles. The van der Waals surface area contributed by atoms with Crippen molar-refractivity contribution in [3.63, 3.8) is 0 Å². The first-order valence-corrected chi connectivity index (χ1v) is 4.49. The Bertz CT molecular complexity index is 324. The van der Waals surface area contributed by atoms with Crippen molar-refractivity contribution < 1.29 is 9.53 Å². The fourth-order valence-corrected chi connectivity index (χ4v) is 1.06. The highest BCUT2D eigenvalue weighted by Gasteiger charge is 2.11. The van der Waals surface area contributed by atoms with Crippen LogP contribution in [0, 0.1) is 0 Å². The Morgan fingerprint density at radius 3 is 2.93 bits per heavy atom. The van der Waals surface area contributed by atoms with Gasteiger partial charge in [0.05, 0.1) is 18.2 Å². The van der Waals surface area contributed by atoms with Crippen molar-refractivity contribution in [1.29, 1.82) is 0 Å². The second-order valence-corrected chi connectivity index (χ2v) is 3.17. The smallest absolute Gasteiger partial charge is 0.181 e. The fourth-order valence-electron chi connectivity index (χ4n) is 1.06. The number of hydrogen-bond acceptors (Lipinski definition) is 4. The predicted octanol–water partition coefficient (Wildman–Crippen LogP) is 1.01. The van der Waals surface area contributed by atoms with E-state index in [1.165, 1.54) is 6.20 Å². The van der Waals surface area contributed by atoms with Gasteiger partial charge in [0.15, 0.2) is 5.78 Å². The van der Waals surface area contributed by atoms with Crippen molar-refractivity contribution in [2.24, 2.45) is 5.73 Å². The van der Waals surface area contributed by atoms with E-state index in [0.717, 1.165) is 0 Å². The van der Waals surface area contributed by atoms with Gasteiger partial charge in [0.25, 0.3) is 0 Å². The number of Topliss-reactive ketones (excluding diaryl/α,β-unsaturated/α-hetero) is 1. The average Bonchev–Trinajstić information content (AvgIpc) is 2.16. The Morgan fingerprint density at radius 1 is 1.64 bits per heavy atom. The molecule has 4 nitrogen and oxygen atoms in total. The number of ether oxygens (including phenoxy) is 1. The number of aromatic nitrogens is 1. The first-order chi connectivity index (χ1) is 6.65. The highest BCUT2D eigenvalue weighted by molar-refractivity contribution is 5.99. The maximum absolute atomic E-state index is 11.4. The lowest BCUT2D eigenvalue weighted by Crippen LogP contribution is -2.16. The monoisotopic (exact) mass is 194 g/mol. The summed E-state index contributed by atoms with van der Waals surface area (Å²) < 4.78 is 5.45. The van der Waals surface area contributed by atoms with Gasteiger partial charge in [-0.25, -0.2) is 0 Å². The molecule has 0 aliphatic carbocycles. The lowest BCUT2D eigenvalue weighted by molar-refractivity contribution is 0.0995. The highest BCUT2D eigenvalue weighted by Crippen LogP contribution is 2.18. The quantitative estimate of drug-likeness (QED) is 0.726. The maximum atomic E-state index is 11.4. The lowest BCUT2D eigenvalue weighted by atomic mass is 10.2. The Hall–Kier alpha value is -1.42. The number of ketones is 1. The molecule has 1 aromatic rings. The van der Waals surface area contributed by atoms with Crippen molar-refractivity contribution in [3.05, 3.63) is 24.0 Å². The molecule has 0 unspecified atom stereocenters. The Kier molecular flexibility index (Phi) is 3.59. The van der Waals surface area contributed by atoms with Crippen molar-refractivity contribution in [1.82, 2.24) is 4.98 Å². The molecule has 0 aliphatic heterocycles. The van der Waals surface area contributed by atoms with E-state index in [4.69, 9.17) is 10.5 Å². The topological polar surface area (TPSA) is 65.2 Å². The van der Waals surface area contributed by atoms with E-state index in [0.29, 0.717) is 11.3 Å². The van der Waals surface area contributed by atoms with Crippen LogP contribution in [-0.2, 0) is 0 Å². The van der Waals surface area contributed by atoms with Crippen molar-refractivity contribution in [3.8, 4) is 5.75 Å². The van der Waals surface area contributed by atoms with Crippen molar-refractivity contribution in [2.45, 2.75) is 20.0 Å². The summed E-state index contributed by atoms with van der Waals surface area (Å²) in [6.07, 6.45) is 3.10. The van der Waals surface area contributed by atoms with Gasteiger partial charge in [0.2, 0.25) is 0 Å². The molecule has 0 spiro atoms. The third kappa shape index (κ3) is 2.53. The summed E-state index contributed by atoms with van der Waals surface area (Å²) in [5.74, 6) is 0.388. The summed E-state index contributed by atoms with van der Waals surface area (Å²) in [5, 5.41) is 0. The minimum atomic E-state index is -0.159. The van der Waals surface area contributed by atoms with E-state index in [1.54, 1.807) is 12.3 Å². The molecule has 0 atom stereocenters. The van der Waals surface area contributed by atoms with Crippen molar-refractivity contribution >= 4 is 5.78 Å². The van der Waals surface area contributed by atoms with Gasteiger partial charge in [0.1, 0.15) is 5.75 Å². The summed E-state index contributed by atoms with van der Waals surface area (Å²) >= 11 is 0. The van der Waals surface area contributed by atoms with Crippen LogP contribution in [0.25, 0.3) is 0 Å². The van der Waals surface area contributed by atoms with Gasteiger partial charge in [-0.2, -0.15) is 0 Å². The molecule has 0 saturated carbocycles. The molecule has 0 aliphatic rings. The second kappa shape index (κ2) is 4.72. The third-order valence-corrected chi connectivity index (χ3v) is 1.63. The van der Waals surface area contributed by atoms with Gasteiger partial charge in [-0.05, 0) is 19.9 Å². The zero-order chi connectivity index (χ0) is 10.6. The summed E-state index contributed by atoms with van der Waals surface area (Å²) in [6.45, 7) is 3.77. The SMILES string of the molecule is CC(C)Oc1ccncc1C(=O)CN. The summed E-state index contributed by atoms with van der Waals surface area (Å²) in [4.78, 5) is 15.2. The lowest BCUT2D eigenvalue weighted by Gasteiger charge is -2.12. The number of pyridine rings is 1. The minimum Gasteiger partial charge on any atom is -0.490 e. The predicted molar refractivity (Wildman–Crippen MR) is 53.4 cm³/mol. The summed E-state index contributed by atoms with van der Waals surface area (Å²) in [7, 11) is 0. The molecule has 1 rings (SSSR count). The van der Waals surface area contributed by atoms with Gasteiger partial charge in [-0.15, -0.1) is 0 Å². The Balaban J connectivity index is 2.97. The number of rotatable bonds is 4. The number of nitrogens with two attached hydrogens (primary N) is 1. The van der Waals surface area contributed by atoms with E-state index < -0.39 is 0 Å². The van der Waals surface area contributed by atoms with Gasteiger partial charge in [-0.3, -0.25) is 9.78 Å². The molecule has 76 valence electrons. The molecule has 0 amide bonds. The standard InChI is InChI=1S/C10H14N2O2/c1-7(2)14-10-3-4-12-6-8(10)9(13)5-11/h3-4,6-7H,5,11H2,1-2H3. The van der Waals surface area contributed by atoms with Crippen LogP contribution in [0.3, 0.4) is 0 Å². The van der Waals surface area contributed by atoms with Gasteiger partial charge in [-0.1, -0.05) is 0 Å². The van der Waals surface area contributed by atoms with Crippen LogP contribution in [0.5, 0.6) is 5.75 Å². The number of carbonyl (C=O) groups excluding carboxylic acids is 1. The molecular formula is C10H14N2O2. The van der Waals surface area contributed by atoms with Crippen LogP contribution < -0.4 is 10.5 Å². The second-order valence-electron chi connectivity index (χ2n) is 3.17. The minimum absolute atomic E-state index is 0.0276. The fraction of sp³-hybridized carbons (Fsp3) is 0.400. The molecule has 0 saturated heterocycles. The number of nitrogens with zero attached hydrogens (tertiary/aromatic N) is 1. The van der Waals surface area contributed by atoms with Crippen LogP contribution in [0.1, 0.15) is 24.2 Å². The van der Waals surface area contributed by atoms with Gasteiger partial charge < -0.3 is 10.5 Å². The third-order valence-electron chi connectivity index (χ3n) is 1.63. The molecule has 1 heterocycles. The van der Waals surface area contributed by atoms with Gasteiger partial charge >= 0.3 is 0 Å². The largest absolute Gasteiger partial charge is 0.490 e. The van der Waals surface area contributed by atoms with E-state index in [1.807, 2.05) is 13.8 Å². The highest BCUT2D eigenvalue weighted by atomic mass is 16.5. The summed E-state index contributed by atoms with van der Waals surface area (Å²) in [5.41, 5.74) is 5.72.